The molecule has 0 fully saturated rings. The van der Waals surface area contributed by atoms with E-state index in [-0.39, 0.29) is 0 Å². The first-order valence-electron chi connectivity index (χ1n) is 7.11. The van der Waals surface area contributed by atoms with E-state index < -0.39 is 0 Å². The van der Waals surface area contributed by atoms with E-state index in [0.29, 0.717) is 0 Å². The maximum absolute atomic E-state index is 4.09. The fourth-order valence-corrected chi connectivity index (χ4v) is 2.39. The van der Waals surface area contributed by atoms with Crippen LogP contribution in [0.3, 0.4) is 0 Å². The van der Waals surface area contributed by atoms with Crippen LogP contribution in [0.5, 0.6) is 0 Å². The highest BCUT2D eigenvalue weighted by Gasteiger charge is 2.02. The standard InChI is InChI=1S/C18H19N3/c1-14-5-3-6-16(15(14)2)12-20-17-7-4-8-18(11-17)21-10-9-19-13-21/h3-11,13,20H,12H2,1-2H3. The molecule has 1 N–H and O–H groups in total. The summed E-state index contributed by atoms with van der Waals surface area (Å²) in [6.45, 7) is 5.16. The maximum Gasteiger partial charge on any atom is 0.0991 e. The summed E-state index contributed by atoms with van der Waals surface area (Å²) in [6.07, 6.45) is 5.55. The minimum absolute atomic E-state index is 0.834. The van der Waals surface area contributed by atoms with Crippen LogP contribution in [0.4, 0.5) is 5.69 Å². The Labute approximate surface area is 125 Å². The molecule has 106 valence electrons. The van der Waals surface area contributed by atoms with E-state index in [1.54, 1.807) is 6.20 Å². The third kappa shape index (κ3) is 2.97. The molecule has 1 aromatic heterocycles. The molecule has 0 spiro atoms. The molecule has 2 aromatic carbocycles. The number of aryl methyl sites for hydroxylation is 1. The van der Waals surface area contributed by atoms with Crippen LogP contribution in [0.1, 0.15) is 16.7 Å². The SMILES string of the molecule is Cc1cccc(CNc2cccc(-n3ccnc3)c2)c1C. The number of hydrogen-bond donors (Lipinski definition) is 1. The van der Waals surface area contributed by atoms with Crippen LogP contribution in [0.2, 0.25) is 0 Å². The lowest BCUT2D eigenvalue weighted by molar-refractivity contribution is 1.05. The lowest BCUT2D eigenvalue weighted by Gasteiger charge is -2.12. The number of aromatic nitrogens is 2. The Balaban J connectivity index is 1.77. The van der Waals surface area contributed by atoms with E-state index in [1.165, 1.54) is 16.7 Å². The molecular formula is C18H19N3. The molecule has 0 saturated heterocycles. The van der Waals surface area contributed by atoms with Gasteiger partial charge >= 0.3 is 0 Å². The van der Waals surface area contributed by atoms with Crippen molar-refractivity contribution in [3.05, 3.63) is 77.9 Å². The van der Waals surface area contributed by atoms with Gasteiger partial charge in [0, 0.05) is 30.3 Å². The van der Waals surface area contributed by atoms with Gasteiger partial charge in [-0.2, -0.15) is 0 Å². The van der Waals surface area contributed by atoms with Crippen molar-refractivity contribution < 1.29 is 0 Å². The summed E-state index contributed by atoms with van der Waals surface area (Å²) in [4.78, 5) is 4.09. The highest BCUT2D eigenvalue weighted by Crippen LogP contribution is 2.17. The second-order valence-electron chi connectivity index (χ2n) is 5.23. The van der Waals surface area contributed by atoms with E-state index in [1.807, 2.05) is 17.1 Å². The summed E-state index contributed by atoms with van der Waals surface area (Å²) >= 11 is 0. The van der Waals surface area contributed by atoms with E-state index in [2.05, 4.69) is 66.6 Å². The largest absolute Gasteiger partial charge is 0.381 e. The number of imidazole rings is 1. The Morgan fingerprint density at radius 3 is 2.76 bits per heavy atom. The van der Waals surface area contributed by atoms with E-state index in [9.17, 15) is 0 Å². The summed E-state index contributed by atoms with van der Waals surface area (Å²) in [6, 6.07) is 14.8. The monoisotopic (exact) mass is 277 g/mol. The molecular weight excluding hydrogens is 258 g/mol. The van der Waals surface area contributed by atoms with Crippen molar-refractivity contribution in [3.8, 4) is 5.69 Å². The molecule has 0 radical (unpaired) electrons. The normalized spacial score (nSPS) is 10.6. The van der Waals surface area contributed by atoms with Crippen molar-refractivity contribution in [3.63, 3.8) is 0 Å². The van der Waals surface area contributed by atoms with Crippen molar-refractivity contribution >= 4 is 5.69 Å². The predicted octanol–water partition coefficient (Wildman–Crippen LogP) is 4.10. The highest BCUT2D eigenvalue weighted by molar-refractivity contribution is 5.51. The zero-order chi connectivity index (χ0) is 14.7. The Hall–Kier alpha value is -2.55. The second kappa shape index (κ2) is 5.83. The second-order valence-corrected chi connectivity index (χ2v) is 5.23. The molecule has 21 heavy (non-hydrogen) atoms. The van der Waals surface area contributed by atoms with E-state index >= 15 is 0 Å². The molecule has 3 rings (SSSR count). The van der Waals surface area contributed by atoms with Gasteiger partial charge < -0.3 is 9.88 Å². The zero-order valence-electron chi connectivity index (χ0n) is 12.4. The van der Waals surface area contributed by atoms with Gasteiger partial charge in [-0.15, -0.1) is 0 Å². The minimum atomic E-state index is 0.834. The Kier molecular flexibility index (Phi) is 3.73. The third-order valence-corrected chi connectivity index (χ3v) is 3.85. The van der Waals surface area contributed by atoms with E-state index in [0.717, 1.165) is 17.9 Å². The molecule has 0 amide bonds. The number of nitrogens with one attached hydrogen (secondary N) is 1. The van der Waals surface area contributed by atoms with Crippen LogP contribution in [0.15, 0.2) is 61.2 Å². The molecule has 0 atom stereocenters. The topological polar surface area (TPSA) is 29.9 Å². The van der Waals surface area contributed by atoms with Crippen molar-refractivity contribution in [2.75, 3.05) is 5.32 Å². The molecule has 0 aliphatic carbocycles. The van der Waals surface area contributed by atoms with Gasteiger partial charge in [-0.25, -0.2) is 4.98 Å². The van der Waals surface area contributed by atoms with Crippen LogP contribution >= 0.6 is 0 Å². The van der Waals surface area contributed by atoms with Crippen molar-refractivity contribution in [2.45, 2.75) is 20.4 Å². The summed E-state index contributed by atoms with van der Waals surface area (Å²) in [5.74, 6) is 0. The predicted molar refractivity (Wildman–Crippen MR) is 86.8 cm³/mol. The highest BCUT2D eigenvalue weighted by atomic mass is 15.0. The number of rotatable bonds is 4. The molecule has 1 heterocycles. The molecule has 0 aliphatic heterocycles. The first-order chi connectivity index (χ1) is 10.2. The van der Waals surface area contributed by atoms with Gasteiger partial charge in [-0.3, -0.25) is 0 Å². The fraction of sp³-hybridized carbons (Fsp3) is 0.167. The quantitative estimate of drug-likeness (QED) is 0.778. The summed E-state index contributed by atoms with van der Waals surface area (Å²) < 4.78 is 2.00. The first-order valence-corrected chi connectivity index (χ1v) is 7.11. The summed E-state index contributed by atoms with van der Waals surface area (Å²) in [5.41, 5.74) is 6.25. The molecule has 3 heteroatoms. The summed E-state index contributed by atoms with van der Waals surface area (Å²) in [5, 5.41) is 3.50. The number of hydrogen-bond acceptors (Lipinski definition) is 2. The van der Waals surface area contributed by atoms with Gasteiger partial charge in [0.15, 0.2) is 0 Å². The zero-order valence-corrected chi connectivity index (χ0v) is 12.4. The van der Waals surface area contributed by atoms with Crippen molar-refractivity contribution in [1.82, 2.24) is 9.55 Å². The maximum atomic E-state index is 4.09. The van der Waals surface area contributed by atoms with Gasteiger partial charge in [0.2, 0.25) is 0 Å². The molecule has 0 aliphatic rings. The molecule has 0 unspecified atom stereocenters. The fourth-order valence-electron chi connectivity index (χ4n) is 2.39. The molecule has 3 aromatic rings. The number of anilines is 1. The summed E-state index contributed by atoms with van der Waals surface area (Å²) in [7, 11) is 0. The number of nitrogens with zero attached hydrogens (tertiary/aromatic N) is 2. The molecule has 0 saturated carbocycles. The van der Waals surface area contributed by atoms with Crippen LogP contribution in [0.25, 0.3) is 5.69 Å². The smallest absolute Gasteiger partial charge is 0.0991 e. The van der Waals surface area contributed by atoms with Gasteiger partial charge in [0.25, 0.3) is 0 Å². The minimum Gasteiger partial charge on any atom is -0.381 e. The average molecular weight is 277 g/mol. The third-order valence-electron chi connectivity index (χ3n) is 3.85. The Morgan fingerprint density at radius 1 is 1.10 bits per heavy atom. The average Bonchev–Trinajstić information content (AvgIpc) is 3.03. The molecule has 3 nitrogen and oxygen atoms in total. The lowest BCUT2D eigenvalue weighted by Crippen LogP contribution is -2.02. The van der Waals surface area contributed by atoms with Crippen molar-refractivity contribution in [2.24, 2.45) is 0 Å². The van der Waals surface area contributed by atoms with Crippen LogP contribution in [0, 0.1) is 13.8 Å². The van der Waals surface area contributed by atoms with Gasteiger partial charge in [0.1, 0.15) is 0 Å². The Morgan fingerprint density at radius 2 is 1.95 bits per heavy atom. The van der Waals surface area contributed by atoms with Gasteiger partial charge in [0.05, 0.1) is 6.33 Å². The van der Waals surface area contributed by atoms with Crippen LogP contribution in [-0.2, 0) is 6.54 Å². The lowest BCUT2D eigenvalue weighted by atomic mass is 10.0. The van der Waals surface area contributed by atoms with Crippen LogP contribution < -0.4 is 5.32 Å². The first kappa shape index (κ1) is 13.4. The molecule has 0 bridgehead atoms. The van der Waals surface area contributed by atoms with Crippen molar-refractivity contribution in [1.29, 1.82) is 0 Å². The Bertz CT molecular complexity index is 730. The van der Waals surface area contributed by atoms with Gasteiger partial charge in [-0.1, -0.05) is 24.3 Å². The van der Waals surface area contributed by atoms with Gasteiger partial charge in [-0.05, 0) is 48.7 Å². The van der Waals surface area contributed by atoms with Crippen LogP contribution in [-0.4, -0.2) is 9.55 Å². The van der Waals surface area contributed by atoms with E-state index in [4.69, 9.17) is 0 Å². The number of benzene rings is 2.